The summed E-state index contributed by atoms with van der Waals surface area (Å²) in [5.41, 5.74) is 13.7. The molecule has 0 bridgehead atoms. The maximum atomic E-state index is 6.49. The molecule has 0 amide bonds. The first kappa shape index (κ1) is 28.8. The summed E-state index contributed by atoms with van der Waals surface area (Å²) in [5.74, 6) is 1.92. The molecule has 8 aromatic rings. The Kier molecular flexibility index (Phi) is 6.28. The average Bonchev–Trinajstić information content (AvgIpc) is 3.67. The van der Waals surface area contributed by atoms with Crippen molar-refractivity contribution in [3.63, 3.8) is 0 Å². The maximum Gasteiger partial charge on any atom is 0.164 e. The first-order valence-corrected chi connectivity index (χ1v) is 17.2. The first-order chi connectivity index (χ1) is 24.5. The van der Waals surface area contributed by atoms with Crippen molar-refractivity contribution in [2.24, 2.45) is 0 Å². The van der Waals surface area contributed by atoms with E-state index in [0.717, 1.165) is 68.4 Å². The number of pyridine rings is 1. The van der Waals surface area contributed by atoms with Crippen LogP contribution in [-0.4, -0.2) is 19.9 Å². The topological polar surface area (TPSA) is 64.7 Å². The molecule has 5 nitrogen and oxygen atoms in total. The van der Waals surface area contributed by atoms with Gasteiger partial charge in [0.2, 0.25) is 0 Å². The van der Waals surface area contributed by atoms with Crippen molar-refractivity contribution in [3.05, 3.63) is 150 Å². The summed E-state index contributed by atoms with van der Waals surface area (Å²) in [6, 6.07) is 42.1. The Hall–Kier alpha value is -6.20. The summed E-state index contributed by atoms with van der Waals surface area (Å²) in [7, 11) is 0. The van der Waals surface area contributed by atoms with E-state index in [0.29, 0.717) is 17.5 Å². The highest BCUT2D eigenvalue weighted by Gasteiger charge is 2.35. The van der Waals surface area contributed by atoms with Gasteiger partial charge in [0.1, 0.15) is 11.3 Å². The van der Waals surface area contributed by atoms with Crippen LogP contribution < -0.4 is 0 Å². The van der Waals surface area contributed by atoms with Gasteiger partial charge in [0.15, 0.2) is 23.1 Å². The molecule has 0 radical (unpaired) electrons. The lowest BCUT2D eigenvalue weighted by Crippen LogP contribution is -2.15. The molecule has 3 heterocycles. The maximum absolute atomic E-state index is 6.49. The minimum Gasteiger partial charge on any atom is -0.454 e. The van der Waals surface area contributed by atoms with E-state index in [9.17, 15) is 0 Å². The first-order valence-electron chi connectivity index (χ1n) is 17.2. The highest BCUT2D eigenvalue weighted by Crippen LogP contribution is 2.49. The number of rotatable bonds is 4. The molecule has 0 fully saturated rings. The van der Waals surface area contributed by atoms with Crippen LogP contribution in [0.15, 0.2) is 132 Å². The molecule has 50 heavy (non-hydrogen) atoms. The van der Waals surface area contributed by atoms with Gasteiger partial charge in [-0.05, 0) is 47.2 Å². The molecule has 0 unspecified atom stereocenters. The lowest BCUT2D eigenvalue weighted by Gasteiger charge is -2.21. The van der Waals surface area contributed by atoms with E-state index in [1.807, 2.05) is 42.5 Å². The van der Waals surface area contributed by atoms with Crippen LogP contribution in [0.25, 0.3) is 84.6 Å². The molecule has 10 rings (SSSR count). The van der Waals surface area contributed by atoms with Gasteiger partial charge in [-0.15, -0.1) is 0 Å². The van der Waals surface area contributed by atoms with E-state index >= 15 is 0 Å². The second-order valence-electron chi connectivity index (χ2n) is 13.7. The Morgan fingerprint density at radius 1 is 0.580 bits per heavy atom. The quantitative estimate of drug-likeness (QED) is 0.191. The number of aromatic nitrogens is 4. The van der Waals surface area contributed by atoms with Crippen molar-refractivity contribution in [1.29, 1.82) is 0 Å². The molecule has 5 heteroatoms. The van der Waals surface area contributed by atoms with Crippen LogP contribution in [0.3, 0.4) is 0 Å². The minimum atomic E-state index is -0.123. The van der Waals surface area contributed by atoms with Gasteiger partial charge in [-0.1, -0.05) is 135 Å². The summed E-state index contributed by atoms with van der Waals surface area (Å²) in [4.78, 5) is 20.3. The summed E-state index contributed by atoms with van der Waals surface area (Å²) in [6.07, 6.45) is 6.33. The van der Waals surface area contributed by atoms with E-state index in [4.69, 9.17) is 24.4 Å². The van der Waals surface area contributed by atoms with E-state index in [1.165, 1.54) is 27.8 Å². The number of nitrogens with zero attached hydrogens (tertiary/aromatic N) is 4. The van der Waals surface area contributed by atoms with Crippen molar-refractivity contribution in [2.45, 2.75) is 32.1 Å². The molecule has 5 aromatic carbocycles. The van der Waals surface area contributed by atoms with Crippen LogP contribution in [0.1, 0.15) is 42.7 Å². The van der Waals surface area contributed by atoms with Crippen molar-refractivity contribution in [3.8, 4) is 56.5 Å². The van der Waals surface area contributed by atoms with Gasteiger partial charge in [-0.2, -0.15) is 0 Å². The molecule has 238 valence electrons. The van der Waals surface area contributed by atoms with Crippen molar-refractivity contribution < 1.29 is 4.42 Å². The monoisotopic (exact) mass is 644 g/mol. The Labute approximate surface area is 290 Å². The SMILES string of the molecule is CC1(C)c2ccccc2-c2ccc(-c3nc(-c4ccccc4)nc(-c4ccc(-c5nc6c(c7c5oc5ccccc57)C=CCC6)cc4)n3)cc21. The molecular formula is C45H32N4O. The Morgan fingerprint density at radius 2 is 1.22 bits per heavy atom. The third kappa shape index (κ3) is 4.40. The highest BCUT2D eigenvalue weighted by atomic mass is 16.3. The molecule has 0 saturated heterocycles. The smallest absolute Gasteiger partial charge is 0.164 e. The fourth-order valence-corrected chi connectivity index (χ4v) is 7.83. The molecule has 0 N–H and O–H groups in total. The van der Waals surface area contributed by atoms with Crippen LogP contribution >= 0.6 is 0 Å². The molecule has 2 aliphatic carbocycles. The van der Waals surface area contributed by atoms with Gasteiger partial charge in [-0.25, -0.2) is 19.9 Å². The molecule has 2 aliphatic rings. The Bertz CT molecular complexity index is 2670. The molecule has 0 saturated carbocycles. The number of furan rings is 1. The van der Waals surface area contributed by atoms with Gasteiger partial charge in [0.05, 0.1) is 0 Å². The van der Waals surface area contributed by atoms with Gasteiger partial charge < -0.3 is 4.42 Å². The zero-order valence-corrected chi connectivity index (χ0v) is 27.8. The second kappa shape index (κ2) is 10.9. The van der Waals surface area contributed by atoms with E-state index in [2.05, 4.69) is 105 Å². The highest BCUT2D eigenvalue weighted by molar-refractivity contribution is 6.13. The predicted molar refractivity (Wildman–Crippen MR) is 202 cm³/mol. The number of aryl methyl sites for hydroxylation is 1. The third-order valence-electron chi connectivity index (χ3n) is 10.4. The van der Waals surface area contributed by atoms with Crippen LogP contribution in [0.5, 0.6) is 0 Å². The van der Waals surface area contributed by atoms with Gasteiger partial charge in [-0.3, -0.25) is 0 Å². The van der Waals surface area contributed by atoms with E-state index in [1.54, 1.807) is 0 Å². The zero-order valence-electron chi connectivity index (χ0n) is 27.8. The Balaban J connectivity index is 1.10. The predicted octanol–water partition coefficient (Wildman–Crippen LogP) is 11.1. The van der Waals surface area contributed by atoms with Crippen LogP contribution in [0.2, 0.25) is 0 Å². The standard InChI is InChI=1S/C45H32N4O/c1-45(2)35-17-9-6-14-31(35)32-25-24-30(26-36(32)45)44-48-42(28-12-4-3-5-13-28)47-43(49-44)29-22-20-27(21-23-29)40-41-39(33-15-7-10-18-37(33)46-40)34-16-8-11-19-38(34)50-41/h3-9,11-17,19-26H,10,18H2,1-2H3. The molecule has 0 atom stereocenters. The largest absolute Gasteiger partial charge is 0.454 e. The number of para-hydroxylation sites is 1. The normalized spacial score (nSPS) is 14.1. The Morgan fingerprint density at radius 3 is 2.04 bits per heavy atom. The van der Waals surface area contributed by atoms with Crippen LogP contribution in [-0.2, 0) is 11.8 Å². The van der Waals surface area contributed by atoms with Crippen molar-refractivity contribution >= 4 is 28.0 Å². The van der Waals surface area contributed by atoms with Gasteiger partial charge in [0.25, 0.3) is 0 Å². The summed E-state index contributed by atoms with van der Waals surface area (Å²) in [5, 5.41) is 2.26. The summed E-state index contributed by atoms with van der Waals surface area (Å²) >= 11 is 0. The lowest BCUT2D eigenvalue weighted by atomic mass is 9.82. The van der Waals surface area contributed by atoms with Crippen molar-refractivity contribution in [2.75, 3.05) is 0 Å². The number of benzene rings is 5. The lowest BCUT2D eigenvalue weighted by molar-refractivity contribution is 0.660. The summed E-state index contributed by atoms with van der Waals surface area (Å²) < 4.78 is 6.49. The third-order valence-corrected chi connectivity index (χ3v) is 10.4. The van der Waals surface area contributed by atoms with Crippen molar-refractivity contribution in [1.82, 2.24) is 19.9 Å². The van der Waals surface area contributed by atoms with E-state index in [-0.39, 0.29) is 5.41 Å². The van der Waals surface area contributed by atoms with Gasteiger partial charge >= 0.3 is 0 Å². The average molecular weight is 645 g/mol. The van der Waals surface area contributed by atoms with Crippen LogP contribution in [0, 0.1) is 0 Å². The molecule has 3 aromatic heterocycles. The molecule has 0 spiro atoms. The minimum absolute atomic E-state index is 0.123. The summed E-state index contributed by atoms with van der Waals surface area (Å²) in [6.45, 7) is 4.59. The number of hydrogen-bond acceptors (Lipinski definition) is 5. The number of fused-ring (bicyclic) bond motifs is 8. The fraction of sp³-hybridized carbons (Fsp3) is 0.111. The van der Waals surface area contributed by atoms with Crippen LogP contribution in [0.4, 0.5) is 0 Å². The van der Waals surface area contributed by atoms with E-state index < -0.39 is 0 Å². The van der Waals surface area contributed by atoms with Gasteiger partial charge in [0, 0.05) is 49.7 Å². The number of allylic oxidation sites excluding steroid dienone is 1. The molecule has 0 aliphatic heterocycles. The molecular weight excluding hydrogens is 613 g/mol. The zero-order chi connectivity index (χ0) is 33.4. The second-order valence-corrected chi connectivity index (χ2v) is 13.7. The number of hydrogen-bond donors (Lipinski definition) is 0. The fourth-order valence-electron chi connectivity index (χ4n) is 7.83.